The molecule has 1 fully saturated rings. The van der Waals surface area contributed by atoms with Crippen molar-refractivity contribution in [1.29, 1.82) is 0 Å². The molecule has 23 heavy (non-hydrogen) atoms. The molecule has 0 saturated carbocycles. The zero-order chi connectivity index (χ0) is 16.4. The lowest BCUT2D eigenvalue weighted by molar-refractivity contribution is -0.125. The topological polar surface area (TPSA) is 78.8 Å². The molecule has 0 atom stereocenters. The summed E-state index contributed by atoms with van der Waals surface area (Å²) in [6.07, 6.45) is 6.44. The molecule has 120 valence electrons. The summed E-state index contributed by atoms with van der Waals surface area (Å²) in [7, 11) is -3.60. The maximum Gasteiger partial charge on any atom is 0.285 e. The molecule has 0 aromatic heterocycles. The molecule has 1 aromatic carbocycles. The first-order valence-electron chi connectivity index (χ1n) is 7.43. The highest BCUT2D eigenvalue weighted by molar-refractivity contribution is 7.90. The van der Waals surface area contributed by atoms with Gasteiger partial charge in [0, 0.05) is 24.6 Å². The summed E-state index contributed by atoms with van der Waals surface area (Å²) in [5.74, 6) is 2.74. The predicted molar refractivity (Wildman–Crippen MR) is 86.3 cm³/mol. The number of likely N-dealkylation sites (tertiary alicyclic amines) is 1. The van der Waals surface area contributed by atoms with E-state index in [0.29, 0.717) is 37.3 Å². The Morgan fingerprint density at radius 2 is 2.04 bits per heavy atom. The van der Waals surface area contributed by atoms with E-state index in [0.717, 1.165) is 0 Å². The number of amidine groups is 1. The second-order valence-electron chi connectivity index (χ2n) is 5.57. The quantitative estimate of drug-likeness (QED) is 0.805. The van der Waals surface area contributed by atoms with Gasteiger partial charge in [-0.1, -0.05) is 18.1 Å². The highest BCUT2D eigenvalue weighted by atomic mass is 32.2. The van der Waals surface area contributed by atoms with Crippen LogP contribution in [-0.2, 0) is 14.8 Å². The molecule has 7 heteroatoms. The number of fused-ring (bicyclic) bond motifs is 1. The Labute approximate surface area is 135 Å². The van der Waals surface area contributed by atoms with E-state index >= 15 is 0 Å². The summed E-state index contributed by atoms with van der Waals surface area (Å²) >= 11 is 0. The molecular weight excluding hydrogens is 314 g/mol. The van der Waals surface area contributed by atoms with Crippen LogP contribution in [0.2, 0.25) is 0 Å². The maximum absolute atomic E-state index is 12.1. The lowest BCUT2D eigenvalue weighted by Gasteiger charge is -2.32. The molecule has 1 saturated heterocycles. The average Bonchev–Trinajstić information content (AvgIpc) is 2.85. The first-order chi connectivity index (χ1) is 11.0. The largest absolute Gasteiger partial charge is 0.355 e. The van der Waals surface area contributed by atoms with Crippen LogP contribution in [-0.4, -0.2) is 44.7 Å². The Hall–Kier alpha value is -2.33. The van der Waals surface area contributed by atoms with E-state index in [2.05, 4.69) is 15.6 Å². The van der Waals surface area contributed by atoms with Crippen molar-refractivity contribution in [3.63, 3.8) is 0 Å². The smallest absolute Gasteiger partial charge is 0.285 e. The Kier molecular flexibility index (Phi) is 4.09. The summed E-state index contributed by atoms with van der Waals surface area (Å²) in [5, 5.41) is 2.70. The van der Waals surface area contributed by atoms with Crippen LogP contribution in [0.25, 0.3) is 0 Å². The second-order valence-corrected chi connectivity index (χ2v) is 7.14. The molecular formula is C16H17N3O3S. The lowest BCUT2D eigenvalue weighted by Crippen LogP contribution is -2.43. The third-order valence-corrected chi connectivity index (χ3v) is 5.47. The van der Waals surface area contributed by atoms with Crippen molar-refractivity contribution < 1.29 is 13.2 Å². The van der Waals surface area contributed by atoms with Crippen molar-refractivity contribution in [3.05, 3.63) is 29.8 Å². The molecule has 1 amide bonds. The van der Waals surface area contributed by atoms with Crippen LogP contribution in [0.3, 0.4) is 0 Å². The van der Waals surface area contributed by atoms with Crippen molar-refractivity contribution in [2.45, 2.75) is 17.7 Å². The number of hydrogen-bond acceptors (Lipinski definition) is 4. The molecule has 0 unspecified atom stereocenters. The van der Waals surface area contributed by atoms with Crippen LogP contribution in [0.4, 0.5) is 0 Å². The van der Waals surface area contributed by atoms with Crippen LogP contribution >= 0.6 is 0 Å². The normalized spacial score (nSPS) is 19.6. The van der Waals surface area contributed by atoms with Gasteiger partial charge in [0.2, 0.25) is 5.91 Å². The molecule has 0 bridgehead atoms. The van der Waals surface area contributed by atoms with Crippen molar-refractivity contribution in [1.82, 2.24) is 10.2 Å². The van der Waals surface area contributed by atoms with Crippen molar-refractivity contribution in [3.8, 4) is 12.3 Å². The zero-order valence-electron chi connectivity index (χ0n) is 12.5. The molecule has 3 rings (SSSR count). The van der Waals surface area contributed by atoms with E-state index < -0.39 is 10.0 Å². The number of amides is 1. The molecule has 0 aliphatic carbocycles. The molecule has 2 heterocycles. The first-order valence-corrected chi connectivity index (χ1v) is 8.87. The van der Waals surface area contributed by atoms with Gasteiger partial charge in [0.15, 0.2) is 5.84 Å². The molecule has 2 aliphatic heterocycles. The van der Waals surface area contributed by atoms with E-state index in [1.54, 1.807) is 24.3 Å². The van der Waals surface area contributed by atoms with E-state index in [9.17, 15) is 13.2 Å². The minimum atomic E-state index is -3.60. The number of benzene rings is 1. The van der Waals surface area contributed by atoms with Gasteiger partial charge in [-0.25, -0.2) is 0 Å². The Balaban J connectivity index is 1.72. The fraction of sp³-hybridized carbons (Fsp3) is 0.375. The van der Waals surface area contributed by atoms with Crippen molar-refractivity contribution in [2.75, 3.05) is 19.6 Å². The average molecular weight is 331 g/mol. The predicted octanol–water partition coefficient (Wildman–Crippen LogP) is 0.597. The van der Waals surface area contributed by atoms with E-state index in [-0.39, 0.29) is 23.3 Å². The van der Waals surface area contributed by atoms with Gasteiger partial charge in [0.25, 0.3) is 10.0 Å². The number of carbonyl (C=O) groups excluding carboxylic acids is 1. The summed E-state index contributed by atoms with van der Waals surface area (Å²) in [6.45, 7) is 1.42. The van der Waals surface area contributed by atoms with Gasteiger partial charge in [-0.2, -0.15) is 8.42 Å². The van der Waals surface area contributed by atoms with Crippen LogP contribution in [0.1, 0.15) is 18.4 Å². The lowest BCUT2D eigenvalue weighted by atomic mass is 9.95. The van der Waals surface area contributed by atoms with Gasteiger partial charge in [-0.05, 0) is 25.0 Å². The number of terminal acetylenes is 1. The minimum absolute atomic E-state index is 0.0380. The standard InChI is InChI=1S/C16H17N3O3S/c1-2-9-17-16(20)12-7-10-19(11-8-12)15-13-5-3-4-6-14(13)23(21,22)18-15/h1,3-6,12H,7-11H2,(H,17,20). The van der Waals surface area contributed by atoms with Gasteiger partial charge in [0.05, 0.1) is 6.54 Å². The summed E-state index contributed by atoms with van der Waals surface area (Å²) in [5.41, 5.74) is 0.641. The number of nitrogens with one attached hydrogen (secondary N) is 1. The summed E-state index contributed by atoms with van der Waals surface area (Å²) < 4.78 is 28.1. The second kappa shape index (κ2) is 6.05. The Bertz CT molecular complexity index is 800. The van der Waals surface area contributed by atoms with Crippen LogP contribution < -0.4 is 5.32 Å². The van der Waals surface area contributed by atoms with Gasteiger partial charge in [-0.3, -0.25) is 4.79 Å². The van der Waals surface area contributed by atoms with E-state index in [1.807, 2.05) is 4.90 Å². The van der Waals surface area contributed by atoms with Gasteiger partial charge < -0.3 is 10.2 Å². The van der Waals surface area contributed by atoms with Crippen LogP contribution in [0.5, 0.6) is 0 Å². The first kappa shape index (κ1) is 15.6. The highest BCUT2D eigenvalue weighted by Crippen LogP contribution is 2.29. The third-order valence-electron chi connectivity index (χ3n) is 4.14. The van der Waals surface area contributed by atoms with E-state index in [1.165, 1.54) is 0 Å². The third kappa shape index (κ3) is 2.94. The molecule has 2 aliphatic rings. The number of piperidine rings is 1. The molecule has 1 N–H and O–H groups in total. The van der Waals surface area contributed by atoms with E-state index in [4.69, 9.17) is 6.42 Å². The minimum Gasteiger partial charge on any atom is -0.355 e. The van der Waals surface area contributed by atoms with Gasteiger partial charge >= 0.3 is 0 Å². The summed E-state index contributed by atoms with van der Waals surface area (Å²) in [4.78, 5) is 14.1. The molecule has 0 spiro atoms. The Morgan fingerprint density at radius 3 is 2.74 bits per heavy atom. The Morgan fingerprint density at radius 1 is 1.35 bits per heavy atom. The SMILES string of the molecule is C#CCNC(=O)C1CCN(C2=NS(=O)(=O)c3ccccc32)CC1. The number of rotatable bonds is 2. The molecule has 6 nitrogen and oxygen atoms in total. The fourth-order valence-electron chi connectivity index (χ4n) is 2.95. The van der Waals surface area contributed by atoms with Crippen LogP contribution in [0.15, 0.2) is 33.6 Å². The van der Waals surface area contributed by atoms with Crippen molar-refractivity contribution >= 4 is 21.8 Å². The van der Waals surface area contributed by atoms with Gasteiger partial charge in [0.1, 0.15) is 4.90 Å². The van der Waals surface area contributed by atoms with Crippen LogP contribution in [0, 0.1) is 18.3 Å². The summed E-state index contributed by atoms with van der Waals surface area (Å²) in [6, 6.07) is 6.83. The monoisotopic (exact) mass is 331 g/mol. The molecule has 1 aromatic rings. The zero-order valence-corrected chi connectivity index (χ0v) is 13.3. The fourth-order valence-corrected chi connectivity index (χ4v) is 4.18. The van der Waals surface area contributed by atoms with Gasteiger partial charge in [-0.15, -0.1) is 10.8 Å². The molecule has 0 radical (unpaired) electrons. The highest BCUT2D eigenvalue weighted by Gasteiger charge is 2.34. The van der Waals surface area contributed by atoms with Crippen molar-refractivity contribution in [2.24, 2.45) is 10.3 Å². The number of nitrogens with zero attached hydrogens (tertiary/aromatic N) is 2. The number of hydrogen-bond donors (Lipinski definition) is 1. The maximum atomic E-state index is 12.1. The number of carbonyl (C=O) groups is 1. The number of sulfonamides is 1.